The number of aryl methyl sites for hydroxylation is 1. The standard InChI is InChI=1S/C23H29ClN2O2/c1-17-7-5-11-22(18(17)2)28-14-12-25-23(27)20-9-6-13-26(16-20)15-19-8-3-4-10-21(19)24/h3-5,7-8,10-11,20H,6,9,12-16H2,1-2H3,(H,25,27)/t20-/m1/s1. The van der Waals surface area contributed by atoms with E-state index in [0.29, 0.717) is 13.2 Å². The van der Waals surface area contributed by atoms with Crippen molar-refractivity contribution >= 4 is 17.5 Å². The average molecular weight is 401 g/mol. The summed E-state index contributed by atoms with van der Waals surface area (Å²) >= 11 is 6.28. The van der Waals surface area contributed by atoms with Crippen LogP contribution in [0.2, 0.25) is 5.02 Å². The number of halogens is 1. The SMILES string of the molecule is Cc1cccc(OCCNC(=O)[C@@H]2CCCN(Cc3ccccc3Cl)C2)c1C. The molecule has 0 unspecified atom stereocenters. The van der Waals surface area contributed by atoms with Crippen molar-refractivity contribution in [2.24, 2.45) is 5.92 Å². The van der Waals surface area contributed by atoms with Crippen molar-refractivity contribution in [3.05, 3.63) is 64.2 Å². The number of carbonyl (C=O) groups excluding carboxylic acids is 1. The predicted octanol–water partition coefficient (Wildman–Crippen LogP) is 4.36. The van der Waals surface area contributed by atoms with E-state index in [1.165, 1.54) is 5.56 Å². The van der Waals surface area contributed by atoms with Gasteiger partial charge in [-0.15, -0.1) is 0 Å². The van der Waals surface area contributed by atoms with E-state index in [0.717, 1.165) is 54.4 Å². The van der Waals surface area contributed by atoms with Gasteiger partial charge in [-0.1, -0.05) is 41.9 Å². The molecule has 4 nitrogen and oxygen atoms in total. The molecule has 1 heterocycles. The molecule has 1 saturated heterocycles. The molecule has 1 fully saturated rings. The topological polar surface area (TPSA) is 41.6 Å². The maximum Gasteiger partial charge on any atom is 0.224 e. The van der Waals surface area contributed by atoms with E-state index in [-0.39, 0.29) is 11.8 Å². The number of nitrogens with one attached hydrogen (secondary N) is 1. The van der Waals surface area contributed by atoms with Gasteiger partial charge in [0.25, 0.3) is 0 Å². The first-order valence-electron chi connectivity index (χ1n) is 9.97. The molecule has 28 heavy (non-hydrogen) atoms. The molecular weight excluding hydrogens is 372 g/mol. The molecule has 1 aliphatic rings. The molecule has 3 rings (SSSR count). The van der Waals surface area contributed by atoms with Crippen molar-refractivity contribution in [2.75, 3.05) is 26.2 Å². The number of nitrogens with zero attached hydrogens (tertiary/aromatic N) is 1. The summed E-state index contributed by atoms with van der Waals surface area (Å²) in [6.45, 7) is 7.69. The minimum absolute atomic E-state index is 0.0249. The summed E-state index contributed by atoms with van der Waals surface area (Å²) in [6.07, 6.45) is 1.96. The summed E-state index contributed by atoms with van der Waals surface area (Å²) < 4.78 is 5.83. The first-order valence-corrected chi connectivity index (χ1v) is 10.3. The summed E-state index contributed by atoms with van der Waals surface area (Å²) in [5, 5.41) is 3.83. The van der Waals surface area contributed by atoms with E-state index in [4.69, 9.17) is 16.3 Å². The first-order chi connectivity index (χ1) is 13.5. The molecule has 0 spiro atoms. The van der Waals surface area contributed by atoms with E-state index in [1.807, 2.05) is 30.3 Å². The number of ether oxygens (including phenoxy) is 1. The molecule has 2 aromatic rings. The molecule has 0 saturated carbocycles. The third kappa shape index (κ3) is 5.49. The minimum Gasteiger partial charge on any atom is -0.491 e. The van der Waals surface area contributed by atoms with Crippen molar-refractivity contribution in [2.45, 2.75) is 33.2 Å². The van der Waals surface area contributed by atoms with E-state index >= 15 is 0 Å². The first kappa shape index (κ1) is 20.7. The number of carbonyl (C=O) groups is 1. The van der Waals surface area contributed by atoms with E-state index < -0.39 is 0 Å². The van der Waals surface area contributed by atoms with Gasteiger partial charge < -0.3 is 10.1 Å². The maximum absolute atomic E-state index is 12.6. The van der Waals surface area contributed by atoms with Crippen LogP contribution in [0.4, 0.5) is 0 Å². The highest BCUT2D eigenvalue weighted by Crippen LogP contribution is 2.22. The summed E-state index contributed by atoms with van der Waals surface area (Å²) in [7, 11) is 0. The number of rotatable bonds is 7. The Morgan fingerprint density at radius 3 is 2.86 bits per heavy atom. The van der Waals surface area contributed by atoms with E-state index in [2.05, 4.69) is 36.2 Å². The fraction of sp³-hybridized carbons (Fsp3) is 0.435. The van der Waals surface area contributed by atoms with Gasteiger partial charge in [0.15, 0.2) is 0 Å². The van der Waals surface area contributed by atoms with Gasteiger partial charge in [-0.05, 0) is 62.1 Å². The van der Waals surface area contributed by atoms with Crippen molar-refractivity contribution in [1.29, 1.82) is 0 Å². The predicted molar refractivity (Wildman–Crippen MR) is 114 cm³/mol. The highest BCUT2D eigenvalue weighted by Gasteiger charge is 2.25. The lowest BCUT2D eigenvalue weighted by Gasteiger charge is -2.32. The zero-order valence-electron chi connectivity index (χ0n) is 16.7. The third-order valence-corrected chi connectivity index (χ3v) is 5.81. The van der Waals surface area contributed by atoms with Crippen LogP contribution in [0.5, 0.6) is 5.75 Å². The lowest BCUT2D eigenvalue weighted by molar-refractivity contribution is -0.126. The summed E-state index contributed by atoms with van der Waals surface area (Å²) in [5.41, 5.74) is 3.48. The summed E-state index contributed by atoms with van der Waals surface area (Å²) in [5.74, 6) is 1.03. The molecule has 0 aliphatic carbocycles. The van der Waals surface area contributed by atoms with Crippen molar-refractivity contribution < 1.29 is 9.53 Å². The highest BCUT2D eigenvalue weighted by atomic mass is 35.5. The molecule has 1 atom stereocenters. The lowest BCUT2D eigenvalue weighted by Crippen LogP contribution is -2.43. The fourth-order valence-electron chi connectivity index (χ4n) is 3.64. The number of hydrogen-bond acceptors (Lipinski definition) is 3. The molecule has 2 aromatic carbocycles. The van der Waals surface area contributed by atoms with Gasteiger partial charge in [0.2, 0.25) is 5.91 Å². The second kappa shape index (κ2) is 9.94. The highest BCUT2D eigenvalue weighted by molar-refractivity contribution is 6.31. The Bertz CT molecular complexity index is 809. The summed E-state index contributed by atoms with van der Waals surface area (Å²) in [6, 6.07) is 14.0. The van der Waals surface area contributed by atoms with Gasteiger partial charge in [0.05, 0.1) is 12.5 Å². The molecule has 0 bridgehead atoms. The van der Waals surface area contributed by atoms with Crippen LogP contribution in [0.3, 0.4) is 0 Å². The molecule has 5 heteroatoms. The van der Waals surface area contributed by atoms with Gasteiger partial charge in [-0.3, -0.25) is 9.69 Å². The smallest absolute Gasteiger partial charge is 0.224 e. The van der Waals surface area contributed by atoms with Gasteiger partial charge in [-0.2, -0.15) is 0 Å². The van der Waals surface area contributed by atoms with Crippen LogP contribution in [-0.2, 0) is 11.3 Å². The van der Waals surface area contributed by atoms with Gasteiger partial charge in [-0.25, -0.2) is 0 Å². The Kier molecular flexibility index (Phi) is 7.35. The Morgan fingerprint density at radius 1 is 1.21 bits per heavy atom. The molecule has 0 radical (unpaired) electrons. The lowest BCUT2D eigenvalue weighted by atomic mass is 9.96. The Balaban J connectivity index is 1.44. The van der Waals surface area contributed by atoms with Crippen molar-refractivity contribution in [3.63, 3.8) is 0 Å². The van der Waals surface area contributed by atoms with Crippen molar-refractivity contribution in [1.82, 2.24) is 10.2 Å². The number of amides is 1. The van der Waals surface area contributed by atoms with Gasteiger partial charge in [0, 0.05) is 18.1 Å². The van der Waals surface area contributed by atoms with Crippen LogP contribution in [0, 0.1) is 19.8 Å². The number of piperidine rings is 1. The van der Waals surface area contributed by atoms with Crippen LogP contribution in [-0.4, -0.2) is 37.0 Å². The summed E-state index contributed by atoms with van der Waals surface area (Å²) in [4.78, 5) is 14.9. The van der Waals surface area contributed by atoms with Crippen LogP contribution >= 0.6 is 11.6 Å². The molecular formula is C23H29ClN2O2. The fourth-order valence-corrected chi connectivity index (χ4v) is 3.84. The largest absolute Gasteiger partial charge is 0.491 e. The van der Waals surface area contributed by atoms with Gasteiger partial charge in [0.1, 0.15) is 12.4 Å². The number of benzene rings is 2. The monoisotopic (exact) mass is 400 g/mol. The molecule has 0 aromatic heterocycles. The number of hydrogen-bond donors (Lipinski definition) is 1. The van der Waals surface area contributed by atoms with Crippen molar-refractivity contribution in [3.8, 4) is 5.75 Å². The van der Waals surface area contributed by atoms with Crippen LogP contribution in [0.25, 0.3) is 0 Å². The Morgan fingerprint density at radius 2 is 2.04 bits per heavy atom. The normalized spacial score (nSPS) is 17.3. The maximum atomic E-state index is 12.6. The minimum atomic E-state index is 0.0249. The Labute approximate surface area is 172 Å². The zero-order chi connectivity index (χ0) is 19.9. The van der Waals surface area contributed by atoms with Gasteiger partial charge >= 0.3 is 0 Å². The molecule has 1 amide bonds. The average Bonchev–Trinajstić information content (AvgIpc) is 2.70. The second-order valence-corrected chi connectivity index (χ2v) is 7.91. The third-order valence-electron chi connectivity index (χ3n) is 5.44. The van der Waals surface area contributed by atoms with E-state index in [1.54, 1.807) is 0 Å². The van der Waals surface area contributed by atoms with Crippen LogP contribution < -0.4 is 10.1 Å². The second-order valence-electron chi connectivity index (χ2n) is 7.50. The molecule has 1 aliphatic heterocycles. The molecule has 1 N–H and O–H groups in total. The van der Waals surface area contributed by atoms with Crippen LogP contribution in [0.1, 0.15) is 29.5 Å². The van der Waals surface area contributed by atoms with Crippen LogP contribution in [0.15, 0.2) is 42.5 Å². The van der Waals surface area contributed by atoms with E-state index in [9.17, 15) is 4.79 Å². The number of likely N-dealkylation sites (tertiary alicyclic amines) is 1. The Hall–Kier alpha value is -2.04. The quantitative estimate of drug-likeness (QED) is 0.702. The zero-order valence-corrected chi connectivity index (χ0v) is 17.5. The molecule has 150 valence electrons.